The SMILES string of the molecule is Cc1ccc(Cl)cc1N1CCN(C(=O)C2CCN(c3ccc(-c4ccc(F)cc4)nn3)CC2)CC1. The van der Waals surface area contributed by atoms with Crippen LogP contribution in [0.25, 0.3) is 11.3 Å². The van der Waals surface area contributed by atoms with Crippen LogP contribution in [0.15, 0.2) is 54.6 Å². The summed E-state index contributed by atoms with van der Waals surface area (Å²) in [5.74, 6) is 0.864. The molecule has 2 aromatic carbocycles. The lowest BCUT2D eigenvalue weighted by Gasteiger charge is -2.40. The first kappa shape index (κ1) is 23.5. The average Bonchev–Trinajstić information content (AvgIpc) is 2.90. The highest BCUT2D eigenvalue weighted by molar-refractivity contribution is 6.30. The molecule has 3 heterocycles. The highest BCUT2D eigenvalue weighted by Crippen LogP contribution is 2.28. The number of hydrogen-bond donors (Lipinski definition) is 0. The number of hydrogen-bond acceptors (Lipinski definition) is 5. The van der Waals surface area contributed by atoms with Crippen molar-refractivity contribution >= 4 is 29.0 Å². The molecule has 0 unspecified atom stereocenters. The van der Waals surface area contributed by atoms with Crippen LogP contribution in [0.5, 0.6) is 0 Å². The summed E-state index contributed by atoms with van der Waals surface area (Å²) in [6.45, 7) is 6.77. The molecule has 6 nitrogen and oxygen atoms in total. The number of piperazine rings is 1. The smallest absolute Gasteiger partial charge is 0.225 e. The zero-order valence-corrected chi connectivity index (χ0v) is 20.6. The molecule has 8 heteroatoms. The van der Waals surface area contributed by atoms with E-state index in [4.69, 9.17) is 11.6 Å². The van der Waals surface area contributed by atoms with Gasteiger partial charge in [-0.25, -0.2) is 4.39 Å². The van der Waals surface area contributed by atoms with Crippen LogP contribution in [0.3, 0.4) is 0 Å². The standard InChI is InChI=1S/C27H29ClFN5O/c1-19-2-5-22(28)18-25(19)32-14-16-34(17-15-32)27(35)21-10-12-33(13-11-21)26-9-8-24(30-31-26)20-3-6-23(29)7-4-20/h2-9,18,21H,10-17H2,1H3. The van der Waals surface area contributed by atoms with E-state index in [0.717, 1.165) is 74.2 Å². The van der Waals surface area contributed by atoms with E-state index >= 15 is 0 Å². The largest absolute Gasteiger partial charge is 0.368 e. The fourth-order valence-corrected chi connectivity index (χ4v) is 5.14. The van der Waals surface area contributed by atoms with Crippen molar-refractivity contribution < 1.29 is 9.18 Å². The Morgan fingerprint density at radius 3 is 2.26 bits per heavy atom. The van der Waals surface area contributed by atoms with E-state index in [2.05, 4.69) is 26.9 Å². The predicted octanol–water partition coefficient (Wildman–Crippen LogP) is 4.81. The number of carbonyl (C=O) groups is 1. The molecule has 0 spiro atoms. The van der Waals surface area contributed by atoms with Crippen molar-refractivity contribution in [1.82, 2.24) is 15.1 Å². The van der Waals surface area contributed by atoms with Crippen molar-refractivity contribution in [3.05, 3.63) is 71.0 Å². The van der Waals surface area contributed by atoms with Gasteiger partial charge in [0.05, 0.1) is 5.69 Å². The molecule has 0 atom stereocenters. The summed E-state index contributed by atoms with van der Waals surface area (Å²) in [6.07, 6.45) is 1.63. The van der Waals surface area contributed by atoms with E-state index in [9.17, 15) is 9.18 Å². The van der Waals surface area contributed by atoms with Crippen LogP contribution in [0.1, 0.15) is 18.4 Å². The molecule has 35 heavy (non-hydrogen) atoms. The molecule has 3 aromatic rings. The topological polar surface area (TPSA) is 52.6 Å². The minimum absolute atomic E-state index is 0.0529. The van der Waals surface area contributed by atoms with Gasteiger partial charge in [0.1, 0.15) is 5.82 Å². The van der Waals surface area contributed by atoms with Crippen molar-refractivity contribution in [2.75, 3.05) is 49.1 Å². The Kier molecular flexibility index (Phi) is 6.86. The summed E-state index contributed by atoms with van der Waals surface area (Å²) in [7, 11) is 0. The minimum Gasteiger partial charge on any atom is -0.368 e. The zero-order chi connectivity index (χ0) is 24.4. The number of nitrogens with zero attached hydrogens (tertiary/aromatic N) is 5. The molecule has 2 saturated heterocycles. The second-order valence-electron chi connectivity index (χ2n) is 9.29. The summed E-state index contributed by atoms with van der Waals surface area (Å²) in [5, 5.41) is 9.45. The maximum absolute atomic E-state index is 13.2. The molecule has 0 saturated carbocycles. The maximum Gasteiger partial charge on any atom is 0.225 e. The maximum atomic E-state index is 13.2. The lowest BCUT2D eigenvalue weighted by molar-refractivity contribution is -0.136. The average molecular weight is 494 g/mol. The minimum atomic E-state index is -0.270. The molecule has 2 fully saturated rings. The Morgan fingerprint density at radius 2 is 1.60 bits per heavy atom. The van der Waals surface area contributed by atoms with Crippen LogP contribution in [0.2, 0.25) is 5.02 Å². The first-order valence-corrected chi connectivity index (χ1v) is 12.5. The van der Waals surface area contributed by atoms with E-state index in [1.807, 2.05) is 35.2 Å². The van der Waals surface area contributed by atoms with E-state index in [1.54, 1.807) is 12.1 Å². The Balaban J connectivity index is 1.13. The molecule has 0 aliphatic carbocycles. The second kappa shape index (κ2) is 10.2. The van der Waals surface area contributed by atoms with E-state index in [-0.39, 0.29) is 17.6 Å². The molecule has 2 aliphatic heterocycles. The number of rotatable bonds is 4. The van der Waals surface area contributed by atoms with Crippen molar-refractivity contribution in [2.45, 2.75) is 19.8 Å². The van der Waals surface area contributed by atoms with Crippen LogP contribution < -0.4 is 9.80 Å². The molecular weight excluding hydrogens is 465 g/mol. The van der Waals surface area contributed by atoms with Gasteiger partial charge < -0.3 is 14.7 Å². The van der Waals surface area contributed by atoms with Gasteiger partial charge in [-0.2, -0.15) is 0 Å². The van der Waals surface area contributed by atoms with Gasteiger partial charge >= 0.3 is 0 Å². The van der Waals surface area contributed by atoms with Gasteiger partial charge in [-0.3, -0.25) is 4.79 Å². The van der Waals surface area contributed by atoms with Gasteiger partial charge in [0.25, 0.3) is 0 Å². The Bertz CT molecular complexity index is 1170. The molecule has 5 rings (SSSR count). The number of halogens is 2. The lowest BCUT2D eigenvalue weighted by atomic mass is 9.95. The third-order valence-electron chi connectivity index (χ3n) is 7.06. The van der Waals surface area contributed by atoms with Gasteiger partial charge in [0.15, 0.2) is 5.82 Å². The van der Waals surface area contributed by atoms with Gasteiger partial charge in [-0.05, 0) is 73.9 Å². The first-order chi connectivity index (χ1) is 17.0. The molecule has 0 bridgehead atoms. The fraction of sp³-hybridized carbons (Fsp3) is 0.370. The highest BCUT2D eigenvalue weighted by Gasteiger charge is 2.31. The van der Waals surface area contributed by atoms with Gasteiger partial charge in [0.2, 0.25) is 5.91 Å². The van der Waals surface area contributed by atoms with Crippen molar-refractivity contribution in [2.24, 2.45) is 5.92 Å². The Labute approximate surface area is 210 Å². The van der Waals surface area contributed by atoms with Crippen molar-refractivity contribution in [3.63, 3.8) is 0 Å². The van der Waals surface area contributed by atoms with Gasteiger partial charge in [-0.1, -0.05) is 17.7 Å². The number of anilines is 2. The number of benzene rings is 2. The molecule has 1 aromatic heterocycles. The lowest BCUT2D eigenvalue weighted by Crippen LogP contribution is -2.52. The molecular formula is C27H29ClFN5O. The molecule has 2 aliphatic rings. The molecule has 182 valence electrons. The van der Waals surface area contributed by atoms with Crippen molar-refractivity contribution in [1.29, 1.82) is 0 Å². The summed E-state index contributed by atoms with van der Waals surface area (Å²) in [4.78, 5) is 19.7. The summed E-state index contributed by atoms with van der Waals surface area (Å²) >= 11 is 6.20. The van der Waals surface area contributed by atoms with Crippen LogP contribution in [-0.4, -0.2) is 60.3 Å². The molecule has 0 N–H and O–H groups in total. The normalized spacial score (nSPS) is 17.1. The second-order valence-corrected chi connectivity index (χ2v) is 9.72. The fourth-order valence-electron chi connectivity index (χ4n) is 4.97. The zero-order valence-electron chi connectivity index (χ0n) is 19.8. The Morgan fingerprint density at radius 1 is 0.886 bits per heavy atom. The highest BCUT2D eigenvalue weighted by atomic mass is 35.5. The van der Waals surface area contributed by atoms with Crippen LogP contribution in [-0.2, 0) is 4.79 Å². The summed E-state index contributed by atoms with van der Waals surface area (Å²) < 4.78 is 13.2. The van der Waals surface area contributed by atoms with Crippen LogP contribution in [0.4, 0.5) is 15.9 Å². The predicted molar refractivity (Wildman–Crippen MR) is 137 cm³/mol. The summed E-state index contributed by atoms with van der Waals surface area (Å²) in [5.41, 5.74) is 3.91. The third kappa shape index (κ3) is 5.25. The quantitative estimate of drug-likeness (QED) is 0.522. The number of amides is 1. The molecule has 0 radical (unpaired) electrons. The number of carbonyl (C=O) groups excluding carboxylic acids is 1. The van der Waals surface area contributed by atoms with Crippen molar-refractivity contribution in [3.8, 4) is 11.3 Å². The Hall–Kier alpha value is -3.19. The van der Waals surface area contributed by atoms with Crippen LogP contribution in [0, 0.1) is 18.7 Å². The molecule has 1 amide bonds. The number of aryl methyl sites for hydroxylation is 1. The van der Waals surface area contributed by atoms with E-state index in [1.165, 1.54) is 17.7 Å². The van der Waals surface area contributed by atoms with Crippen LogP contribution >= 0.6 is 11.6 Å². The first-order valence-electron chi connectivity index (χ1n) is 12.1. The summed E-state index contributed by atoms with van der Waals surface area (Å²) in [6, 6.07) is 16.1. The van der Waals surface area contributed by atoms with Gasteiger partial charge in [-0.15, -0.1) is 10.2 Å². The van der Waals surface area contributed by atoms with Gasteiger partial charge in [0, 0.05) is 61.5 Å². The number of aromatic nitrogens is 2. The third-order valence-corrected chi connectivity index (χ3v) is 7.30. The van der Waals surface area contributed by atoms with E-state index < -0.39 is 0 Å². The van der Waals surface area contributed by atoms with E-state index in [0.29, 0.717) is 5.69 Å². The number of piperidine rings is 1. The monoisotopic (exact) mass is 493 g/mol.